The van der Waals surface area contributed by atoms with E-state index in [4.69, 9.17) is 24.0 Å². The number of hydrogen-bond acceptors (Lipinski definition) is 7. The number of methoxy groups -OCH3 is 2. The predicted molar refractivity (Wildman–Crippen MR) is 138 cm³/mol. The molecule has 36 heavy (non-hydrogen) atoms. The van der Waals surface area contributed by atoms with E-state index in [0.29, 0.717) is 35.7 Å². The van der Waals surface area contributed by atoms with E-state index >= 15 is 0 Å². The van der Waals surface area contributed by atoms with Crippen LogP contribution in [-0.4, -0.2) is 37.3 Å². The van der Waals surface area contributed by atoms with Crippen molar-refractivity contribution in [1.82, 2.24) is 5.01 Å². The summed E-state index contributed by atoms with van der Waals surface area (Å²) in [6, 6.07) is 17.9. The van der Waals surface area contributed by atoms with Gasteiger partial charge in [-0.05, 0) is 58.8 Å². The van der Waals surface area contributed by atoms with Crippen LogP contribution < -0.4 is 18.9 Å². The molecule has 7 nitrogen and oxygen atoms in total. The lowest BCUT2D eigenvalue weighted by Gasteiger charge is -2.17. The molecule has 0 unspecified atom stereocenters. The Morgan fingerprint density at radius 1 is 0.861 bits per heavy atom. The van der Waals surface area contributed by atoms with Crippen LogP contribution in [0.4, 0.5) is 0 Å². The minimum atomic E-state index is 0.208. The molecule has 0 atom stereocenters. The zero-order valence-electron chi connectivity index (χ0n) is 20.4. The molecule has 2 aliphatic heterocycles. The normalized spacial score (nSPS) is 14.0. The number of hydrogen-bond donors (Lipinski definition) is 1. The van der Waals surface area contributed by atoms with Crippen molar-refractivity contribution in [2.75, 3.05) is 21.0 Å². The average molecular weight is 483 g/mol. The first-order chi connectivity index (χ1) is 17.6. The maximum absolute atomic E-state index is 11.4. The molecule has 0 bridgehead atoms. The van der Waals surface area contributed by atoms with Gasteiger partial charge in [0.05, 0.1) is 33.5 Å². The Hall–Kier alpha value is -4.39. The van der Waals surface area contributed by atoms with Gasteiger partial charge in [-0.1, -0.05) is 35.9 Å². The van der Waals surface area contributed by atoms with Gasteiger partial charge in [0.15, 0.2) is 23.0 Å². The number of rotatable bonds is 5. The number of benzene rings is 4. The Bertz CT molecular complexity index is 1510. The van der Waals surface area contributed by atoms with E-state index in [-0.39, 0.29) is 12.5 Å². The Labute approximate surface area is 209 Å². The van der Waals surface area contributed by atoms with Gasteiger partial charge in [-0.25, -0.2) is 0 Å². The van der Waals surface area contributed by atoms with Gasteiger partial charge in [-0.2, -0.15) is 5.10 Å². The van der Waals surface area contributed by atoms with E-state index in [2.05, 4.69) is 19.1 Å². The lowest BCUT2D eigenvalue weighted by molar-refractivity contribution is 0.174. The van der Waals surface area contributed by atoms with Crippen molar-refractivity contribution >= 4 is 17.0 Å². The maximum atomic E-state index is 11.4. The van der Waals surface area contributed by atoms with Crippen LogP contribution in [0.15, 0.2) is 59.7 Å². The van der Waals surface area contributed by atoms with Crippen LogP contribution in [0.3, 0.4) is 0 Å². The third-order valence-electron chi connectivity index (χ3n) is 6.79. The molecule has 7 heteroatoms. The van der Waals surface area contributed by atoms with Gasteiger partial charge in [0, 0.05) is 10.9 Å². The molecule has 1 N–H and O–H groups in total. The number of phenols is 1. The monoisotopic (exact) mass is 482 g/mol. The number of hydrazone groups is 1. The summed E-state index contributed by atoms with van der Waals surface area (Å²) in [6.45, 7) is 3.32. The highest BCUT2D eigenvalue weighted by Gasteiger charge is 2.29. The Morgan fingerprint density at radius 2 is 1.56 bits per heavy atom. The van der Waals surface area contributed by atoms with E-state index < -0.39 is 0 Å². The van der Waals surface area contributed by atoms with Crippen molar-refractivity contribution in [1.29, 1.82) is 0 Å². The fraction of sp³-hybridized carbons (Fsp3) is 0.207. The van der Waals surface area contributed by atoms with Crippen molar-refractivity contribution in [3.05, 3.63) is 76.9 Å². The second-order valence-electron chi connectivity index (χ2n) is 8.98. The Kier molecular flexibility index (Phi) is 5.33. The summed E-state index contributed by atoms with van der Waals surface area (Å²) in [5.41, 5.74) is 6.07. The van der Waals surface area contributed by atoms with E-state index in [0.717, 1.165) is 39.0 Å². The quantitative estimate of drug-likeness (QED) is 0.373. The van der Waals surface area contributed by atoms with Gasteiger partial charge in [-0.3, -0.25) is 5.01 Å². The second-order valence-corrected chi connectivity index (χ2v) is 8.98. The van der Waals surface area contributed by atoms with Crippen molar-refractivity contribution in [3.8, 4) is 39.9 Å². The van der Waals surface area contributed by atoms with Crippen LogP contribution in [0.25, 0.3) is 21.9 Å². The molecule has 2 aliphatic rings. The molecule has 0 saturated carbocycles. The molecule has 4 aromatic carbocycles. The van der Waals surface area contributed by atoms with Crippen LogP contribution >= 0.6 is 0 Å². The third kappa shape index (κ3) is 3.64. The topological polar surface area (TPSA) is 72.8 Å². The minimum Gasteiger partial charge on any atom is -0.507 e. The summed E-state index contributed by atoms with van der Waals surface area (Å²) in [6.07, 6.45) is 1.86. The SMILES string of the molecule is COc1cc2c(O)c3c(c(-c4ccc5c(c4)OCO5)c2cc1OC)CN(/N=C/c1ccc(C)cc1)C3. The van der Waals surface area contributed by atoms with Crippen molar-refractivity contribution in [3.63, 3.8) is 0 Å². The zero-order chi connectivity index (χ0) is 24.8. The molecule has 2 heterocycles. The highest BCUT2D eigenvalue weighted by atomic mass is 16.7. The summed E-state index contributed by atoms with van der Waals surface area (Å²) in [5.74, 6) is 2.82. The molecule has 0 fully saturated rings. The van der Waals surface area contributed by atoms with E-state index in [1.165, 1.54) is 5.56 Å². The van der Waals surface area contributed by atoms with Gasteiger partial charge in [0.2, 0.25) is 6.79 Å². The summed E-state index contributed by atoms with van der Waals surface area (Å²) >= 11 is 0. The zero-order valence-corrected chi connectivity index (χ0v) is 20.4. The predicted octanol–water partition coefficient (Wildman–Crippen LogP) is 5.62. The summed E-state index contributed by atoms with van der Waals surface area (Å²) in [5, 5.41) is 19.7. The lowest BCUT2D eigenvalue weighted by Crippen LogP contribution is -2.08. The van der Waals surface area contributed by atoms with Crippen molar-refractivity contribution < 1.29 is 24.1 Å². The minimum absolute atomic E-state index is 0.208. The highest BCUT2D eigenvalue weighted by molar-refractivity contribution is 6.05. The molecule has 0 amide bonds. The third-order valence-corrected chi connectivity index (χ3v) is 6.79. The van der Waals surface area contributed by atoms with Crippen LogP contribution in [0.5, 0.6) is 28.7 Å². The van der Waals surface area contributed by atoms with Crippen LogP contribution in [-0.2, 0) is 13.1 Å². The highest BCUT2D eigenvalue weighted by Crippen LogP contribution is 2.49. The summed E-state index contributed by atoms with van der Waals surface area (Å²) in [7, 11) is 3.20. The molecular formula is C29H26N2O5. The molecule has 0 aromatic heterocycles. The van der Waals surface area contributed by atoms with Gasteiger partial charge in [0.1, 0.15) is 5.75 Å². The standard InChI is InChI=1S/C29H26N2O5/c1-17-4-6-18(7-5-17)13-30-31-14-22-23(15-31)29(32)21-12-26(34-3)25(33-2)11-20(21)28(22)19-8-9-24-27(10-19)36-16-35-24/h4-13,32H,14-16H2,1-3H3/b30-13+. The maximum Gasteiger partial charge on any atom is 0.231 e. The average Bonchev–Trinajstić information content (AvgIpc) is 3.55. The number of aryl methyl sites for hydroxylation is 1. The van der Waals surface area contributed by atoms with Gasteiger partial charge in [0.25, 0.3) is 0 Å². The first-order valence-corrected chi connectivity index (χ1v) is 11.7. The van der Waals surface area contributed by atoms with Gasteiger partial charge >= 0.3 is 0 Å². The van der Waals surface area contributed by atoms with Crippen LogP contribution in [0.2, 0.25) is 0 Å². The fourth-order valence-corrected chi connectivity index (χ4v) is 4.93. The molecule has 0 aliphatic carbocycles. The van der Waals surface area contributed by atoms with Crippen molar-refractivity contribution in [2.24, 2.45) is 5.10 Å². The molecule has 0 spiro atoms. The largest absolute Gasteiger partial charge is 0.507 e. The van der Waals surface area contributed by atoms with Crippen LogP contribution in [0.1, 0.15) is 22.3 Å². The number of aromatic hydroxyl groups is 1. The van der Waals surface area contributed by atoms with E-state index in [1.807, 2.05) is 53.7 Å². The fourth-order valence-electron chi connectivity index (χ4n) is 4.93. The number of nitrogens with zero attached hydrogens (tertiary/aromatic N) is 2. The summed E-state index contributed by atoms with van der Waals surface area (Å²) in [4.78, 5) is 0. The first kappa shape index (κ1) is 22.1. The second kappa shape index (κ2) is 8.68. The van der Waals surface area contributed by atoms with Crippen molar-refractivity contribution in [2.45, 2.75) is 20.0 Å². The molecular weight excluding hydrogens is 456 g/mol. The smallest absolute Gasteiger partial charge is 0.231 e. The summed E-state index contributed by atoms with van der Waals surface area (Å²) < 4.78 is 22.3. The number of ether oxygens (including phenoxy) is 4. The molecule has 0 saturated heterocycles. The molecule has 182 valence electrons. The molecule has 4 aromatic rings. The number of phenolic OH excluding ortho intramolecular Hbond substituents is 1. The Morgan fingerprint density at radius 3 is 2.31 bits per heavy atom. The number of fused-ring (bicyclic) bond motifs is 3. The van der Waals surface area contributed by atoms with E-state index in [1.54, 1.807) is 14.2 Å². The van der Waals surface area contributed by atoms with E-state index in [9.17, 15) is 5.11 Å². The van der Waals surface area contributed by atoms with Crippen LogP contribution in [0, 0.1) is 6.92 Å². The molecule has 0 radical (unpaired) electrons. The van der Waals surface area contributed by atoms with Gasteiger partial charge in [-0.15, -0.1) is 0 Å². The Balaban J connectivity index is 1.51. The molecule has 6 rings (SSSR count). The lowest BCUT2D eigenvalue weighted by atomic mass is 9.89. The van der Waals surface area contributed by atoms with Gasteiger partial charge < -0.3 is 24.1 Å². The first-order valence-electron chi connectivity index (χ1n) is 11.7.